The Balaban J connectivity index is 1.68. The van der Waals surface area contributed by atoms with Crippen molar-refractivity contribution in [1.82, 2.24) is 9.78 Å². The number of halogens is 1. The van der Waals surface area contributed by atoms with Gasteiger partial charge >= 0.3 is 11.8 Å². The molecule has 11 heteroatoms. The van der Waals surface area contributed by atoms with E-state index in [-0.39, 0.29) is 18.8 Å². The molecule has 0 bridgehead atoms. The number of ether oxygens (including phenoxy) is 1. The zero-order chi connectivity index (χ0) is 24.4. The molecule has 2 heterocycles. The van der Waals surface area contributed by atoms with Crippen molar-refractivity contribution in [1.29, 1.82) is 0 Å². The lowest BCUT2D eigenvalue weighted by molar-refractivity contribution is -0.389. The van der Waals surface area contributed by atoms with Gasteiger partial charge in [0.15, 0.2) is 5.69 Å². The highest BCUT2D eigenvalue weighted by Gasteiger charge is 2.31. The summed E-state index contributed by atoms with van der Waals surface area (Å²) in [4.78, 5) is 37.8. The number of esters is 1. The summed E-state index contributed by atoms with van der Waals surface area (Å²) in [6, 6.07) is 8.02. The SMILES string of the molecule is CCOC(=O)c1c(NC(=O)c2cc([N+](=O)[O-])nn2Cc2ccc(Cl)cc2)sc2c1CC[C@@H](C)C2. The van der Waals surface area contributed by atoms with Gasteiger partial charge in [0, 0.05) is 9.90 Å². The molecule has 34 heavy (non-hydrogen) atoms. The molecular weight excluding hydrogens is 480 g/mol. The van der Waals surface area contributed by atoms with Gasteiger partial charge < -0.3 is 20.2 Å². The highest BCUT2D eigenvalue weighted by Crippen LogP contribution is 2.40. The maximum absolute atomic E-state index is 13.3. The molecule has 0 aliphatic heterocycles. The lowest BCUT2D eigenvalue weighted by Crippen LogP contribution is -2.20. The van der Waals surface area contributed by atoms with Crippen LogP contribution in [0.25, 0.3) is 0 Å². The van der Waals surface area contributed by atoms with Gasteiger partial charge in [-0.2, -0.15) is 4.68 Å². The predicted molar refractivity (Wildman–Crippen MR) is 129 cm³/mol. The molecule has 1 N–H and O–H groups in total. The number of carbonyl (C=O) groups excluding carboxylic acids is 2. The van der Waals surface area contributed by atoms with Crippen LogP contribution >= 0.6 is 22.9 Å². The van der Waals surface area contributed by atoms with Gasteiger partial charge in [-0.15, -0.1) is 11.3 Å². The van der Waals surface area contributed by atoms with Crippen LogP contribution in [0.15, 0.2) is 30.3 Å². The molecule has 1 aliphatic rings. The van der Waals surface area contributed by atoms with Crippen LogP contribution in [0.1, 0.15) is 57.1 Å². The third-order valence-corrected chi connectivity index (χ3v) is 7.07. The van der Waals surface area contributed by atoms with Crippen LogP contribution in [0.5, 0.6) is 0 Å². The molecule has 1 aromatic carbocycles. The van der Waals surface area contributed by atoms with E-state index in [4.69, 9.17) is 16.3 Å². The van der Waals surface area contributed by atoms with E-state index in [2.05, 4.69) is 17.3 Å². The predicted octanol–water partition coefficient (Wildman–Crippen LogP) is 5.11. The summed E-state index contributed by atoms with van der Waals surface area (Å²) in [7, 11) is 0. The molecule has 9 nitrogen and oxygen atoms in total. The Hall–Kier alpha value is -3.24. The molecule has 1 atom stereocenters. The average Bonchev–Trinajstić information content (AvgIpc) is 3.36. The van der Waals surface area contributed by atoms with Gasteiger partial charge in [-0.05, 0) is 60.3 Å². The Morgan fingerprint density at radius 3 is 2.76 bits per heavy atom. The second kappa shape index (κ2) is 9.94. The van der Waals surface area contributed by atoms with E-state index in [1.807, 2.05) is 0 Å². The smallest absolute Gasteiger partial charge is 0.390 e. The molecule has 3 aromatic rings. The Morgan fingerprint density at radius 2 is 2.09 bits per heavy atom. The van der Waals surface area contributed by atoms with E-state index in [0.717, 1.165) is 41.3 Å². The highest BCUT2D eigenvalue weighted by atomic mass is 35.5. The maximum atomic E-state index is 13.3. The second-order valence-corrected chi connectivity index (χ2v) is 9.70. The van der Waals surface area contributed by atoms with Gasteiger partial charge in [0.2, 0.25) is 0 Å². The number of thiophene rings is 1. The van der Waals surface area contributed by atoms with Crippen molar-refractivity contribution in [3.05, 3.63) is 72.7 Å². The standard InChI is InChI=1S/C23H23ClN4O5S/c1-3-33-23(30)20-16-9-4-13(2)10-18(16)34-22(20)25-21(29)17-11-19(28(31)32)26-27(17)12-14-5-7-15(24)8-6-14/h5-8,11,13H,3-4,9-10,12H2,1-2H3,(H,25,29)/t13-/m1/s1. The van der Waals surface area contributed by atoms with Crippen molar-refractivity contribution in [2.75, 3.05) is 11.9 Å². The first-order chi connectivity index (χ1) is 16.3. The van der Waals surface area contributed by atoms with Crippen LogP contribution in [-0.4, -0.2) is 33.2 Å². The average molecular weight is 503 g/mol. The summed E-state index contributed by atoms with van der Waals surface area (Å²) in [6.07, 6.45) is 2.50. The molecule has 0 saturated heterocycles. The summed E-state index contributed by atoms with van der Waals surface area (Å²) in [5.41, 5.74) is 2.07. The molecule has 4 rings (SSSR count). The molecule has 2 aromatic heterocycles. The largest absolute Gasteiger partial charge is 0.462 e. The Kier molecular flexibility index (Phi) is 6.99. The fourth-order valence-electron chi connectivity index (χ4n) is 3.98. The number of hydrogen-bond donors (Lipinski definition) is 1. The highest BCUT2D eigenvalue weighted by molar-refractivity contribution is 7.17. The monoisotopic (exact) mass is 502 g/mol. The third kappa shape index (κ3) is 4.97. The van der Waals surface area contributed by atoms with Gasteiger partial charge in [0.25, 0.3) is 5.91 Å². The number of carbonyl (C=O) groups is 2. The minimum Gasteiger partial charge on any atom is -0.462 e. The van der Waals surface area contributed by atoms with E-state index in [1.54, 1.807) is 31.2 Å². The molecule has 0 radical (unpaired) electrons. The number of nitrogens with zero attached hydrogens (tertiary/aromatic N) is 3. The normalized spacial score (nSPS) is 15.0. The van der Waals surface area contributed by atoms with Gasteiger partial charge in [0.05, 0.1) is 29.9 Å². The van der Waals surface area contributed by atoms with E-state index < -0.39 is 22.6 Å². The van der Waals surface area contributed by atoms with Crippen molar-refractivity contribution in [3.63, 3.8) is 0 Å². The third-order valence-electron chi connectivity index (χ3n) is 5.65. The number of benzene rings is 1. The zero-order valence-corrected chi connectivity index (χ0v) is 20.2. The number of aromatic nitrogens is 2. The van der Waals surface area contributed by atoms with Crippen molar-refractivity contribution in [2.24, 2.45) is 5.92 Å². The zero-order valence-electron chi connectivity index (χ0n) is 18.7. The molecule has 1 aliphatic carbocycles. The van der Waals surface area contributed by atoms with Crippen LogP contribution in [0.4, 0.5) is 10.8 Å². The fourth-order valence-corrected chi connectivity index (χ4v) is 5.50. The summed E-state index contributed by atoms with van der Waals surface area (Å²) >= 11 is 7.29. The van der Waals surface area contributed by atoms with Gasteiger partial charge in [0.1, 0.15) is 5.00 Å². The lowest BCUT2D eigenvalue weighted by Gasteiger charge is -2.18. The van der Waals surface area contributed by atoms with Gasteiger partial charge in [-0.1, -0.05) is 30.7 Å². The van der Waals surface area contributed by atoms with Crippen molar-refractivity contribution in [2.45, 2.75) is 39.7 Å². The molecular formula is C23H23ClN4O5S. The van der Waals surface area contributed by atoms with Crippen LogP contribution in [0, 0.1) is 16.0 Å². The number of rotatable bonds is 7. The molecule has 1 amide bonds. The Bertz CT molecular complexity index is 1250. The summed E-state index contributed by atoms with van der Waals surface area (Å²) < 4.78 is 6.53. The van der Waals surface area contributed by atoms with E-state index in [9.17, 15) is 19.7 Å². The molecule has 0 saturated carbocycles. The lowest BCUT2D eigenvalue weighted by atomic mass is 9.88. The van der Waals surface area contributed by atoms with Gasteiger partial charge in [-0.25, -0.2) is 4.79 Å². The van der Waals surface area contributed by atoms with Crippen LogP contribution < -0.4 is 5.32 Å². The fraction of sp³-hybridized carbons (Fsp3) is 0.348. The van der Waals surface area contributed by atoms with Crippen molar-refractivity contribution >= 4 is 45.6 Å². The number of hydrogen-bond acceptors (Lipinski definition) is 7. The van der Waals surface area contributed by atoms with E-state index in [0.29, 0.717) is 21.5 Å². The summed E-state index contributed by atoms with van der Waals surface area (Å²) in [6.45, 7) is 4.23. The first-order valence-electron chi connectivity index (χ1n) is 10.9. The number of nitrogens with one attached hydrogen (secondary N) is 1. The van der Waals surface area contributed by atoms with Crippen LogP contribution in [0.2, 0.25) is 5.02 Å². The molecule has 0 fully saturated rings. The number of fused-ring (bicyclic) bond motifs is 1. The van der Waals surface area contributed by atoms with Crippen LogP contribution in [0.3, 0.4) is 0 Å². The number of amides is 1. The Labute approximate surface area is 204 Å². The minimum atomic E-state index is -0.648. The van der Waals surface area contributed by atoms with E-state index in [1.165, 1.54) is 16.0 Å². The first kappa shape index (κ1) is 23.9. The van der Waals surface area contributed by atoms with E-state index >= 15 is 0 Å². The van der Waals surface area contributed by atoms with Crippen LogP contribution in [-0.2, 0) is 24.1 Å². The quantitative estimate of drug-likeness (QED) is 0.272. The van der Waals surface area contributed by atoms with Crippen molar-refractivity contribution < 1.29 is 19.2 Å². The number of anilines is 1. The topological polar surface area (TPSA) is 116 Å². The van der Waals surface area contributed by atoms with Gasteiger partial charge in [-0.3, -0.25) is 4.79 Å². The number of nitro groups is 1. The molecule has 0 unspecified atom stereocenters. The second-order valence-electron chi connectivity index (χ2n) is 8.16. The molecule has 178 valence electrons. The minimum absolute atomic E-state index is 0.0104. The van der Waals surface area contributed by atoms with Crippen molar-refractivity contribution in [3.8, 4) is 0 Å². The summed E-state index contributed by atoms with van der Waals surface area (Å²) in [5, 5.41) is 19.1. The molecule has 0 spiro atoms. The Morgan fingerprint density at radius 1 is 1.35 bits per heavy atom. The summed E-state index contributed by atoms with van der Waals surface area (Å²) in [5.74, 6) is -1.03. The first-order valence-corrected chi connectivity index (χ1v) is 12.1. The maximum Gasteiger partial charge on any atom is 0.390 e.